The number of hydrogen-bond acceptors (Lipinski definition) is 5. The molecule has 0 bridgehead atoms. The Morgan fingerprint density at radius 1 is 1.04 bits per heavy atom. The van der Waals surface area contributed by atoms with Crippen molar-refractivity contribution in [2.45, 2.75) is 103 Å². The van der Waals surface area contributed by atoms with Gasteiger partial charge in [-0.3, -0.25) is 5.21 Å². The second-order valence-corrected chi connectivity index (χ2v) is 7.33. The Morgan fingerprint density at radius 3 is 2.12 bits per heavy atom. The zero-order valence-corrected chi connectivity index (χ0v) is 16.4. The summed E-state index contributed by atoms with van der Waals surface area (Å²) in [5.74, 6) is -0.362. The van der Waals surface area contributed by atoms with Gasteiger partial charge in [0.2, 0.25) is 0 Å². The first-order chi connectivity index (χ1) is 12.2. The molecule has 1 aliphatic heterocycles. The summed E-state index contributed by atoms with van der Waals surface area (Å²) in [5, 5.41) is 10.5. The van der Waals surface area contributed by atoms with Crippen LogP contribution < -0.4 is 0 Å². The molecule has 0 spiro atoms. The van der Waals surface area contributed by atoms with E-state index in [4.69, 9.17) is 9.57 Å². The highest BCUT2D eigenvalue weighted by Gasteiger charge is 2.25. The molecule has 148 valence electrons. The number of hydrogen-bond donors (Lipinski definition) is 1. The van der Waals surface area contributed by atoms with Gasteiger partial charge in [-0.25, -0.2) is 4.79 Å². The number of epoxide rings is 1. The highest BCUT2D eigenvalue weighted by Crippen LogP contribution is 2.21. The maximum Gasteiger partial charge on any atom is 0.331 e. The van der Waals surface area contributed by atoms with E-state index >= 15 is 0 Å². The van der Waals surface area contributed by atoms with Crippen molar-refractivity contribution < 1.29 is 19.6 Å². The molecular weight excluding hydrogens is 318 g/mol. The fourth-order valence-corrected chi connectivity index (χ4v) is 3.08. The van der Waals surface area contributed by atoms with Gasteiger partial charge in [0, 0.05) is 0 Å². The maximum atomic E-state index is 12.4. The average Bonchev–Trinajstić information content (AvgIpc) is 3.42. The Hall–Kier alpha value is -0.650. The second-order valence-electron chi connectivity index (χ2n) is 7.33. The third kappa shape index (κ3) is 12.4. The summed E-state index contributed by atoms with van der Waals surface area (Å²) in [4.78, 5) is 17.5. The van der Waals surface area contributed by atoms with Gasteiger partial charge in [-0.15, -0.1) is 0 Å². The summed E-state index contributed by atoms with van der Waals surface area (Å²) in [6, 6.07) is 0. The van der Waals surface area contributed by atoms with Crippen LogP contribution in [0.25, 0.3) is 0 Å². The minimum Gasteiger partial charge on any atom is -0.373 e. The standard InChI is InChI=1S/C20H39NO4/c1-3-5-7-9-10-12-14-18(13-11-8-6-4-2)20(22)25-21(23)16-15-19-17-24-19/h18-19,23H,3-17H2,1-2H3. The van der Waals surface area contributed by atoms with E-state index in [-0.39, 0.29) is 18.0 Å². The van der Waals surface area contributed by atoms with Gasteiger partial charge in [-0.05, 0) is 24.5 Å². The topological polar surface area (TPSA) is 62.3 Å². The third-order valence-corrected chi connectivity index (χ3v) is 4.89. The summed E-state index contributed by atoms with van der Waals surface area (Å²) >= 11 is 0. The van der Waals surface area contributed by atoms with Gasteiger partial charge in [0.05, 0.1) is 25.2 Å². The van der Waals surface area contributed by atoms with E-state index < -0.39 is 0 Å². The van der Waals surface area contributed by atoms with Crippen LogP contribution in [0.3, 0.4) is 0 Å². The van der Waals surface area contributed by atoms with Crippen molar-refractivity contribution in [3.05, 3.63) is 0 Å². The van der Waals surface area contributed by atoms with E-state index in [1.54, 1.807) is 0 Å². The summed E-state index contributed by atoms with van der Waals surface area (Å²) in [5.41, 5.74) is 0. The smallest absolute Gasteiger partial charge is 0.331 e. The fraction of sp³-hybridized carbons (Fsp3) is 0.950. The molecular formula is C20H39NO4. The molecule has 0 amide bonds. The Kier molecular flexibility index (Phi) is 13.0. The summed E-state index contributed by atoms with van der Waals surface area (Å²) in [6.07, 6.45) is 14.6. The molecule has 25 heavy (non-hydrogen) atoms. The third-order valence-electron chi connectivity index (χ3n) is 4.89. The molecule has 0 aromatic heterocycles. The zero-order valence-electron chi connectivity index (χ0n) is 16.4. The van der Waals surface area contributed by atoms with Crippen LogP contribution in [0.1, 0.15) is 97.3 Å². The minimum absolute atomic E-state index is 0.0881. The molecule has 1 N–H and O–H groups in total. The van der Waals surface area contributed by atoms with Crippen molar-refractivity contribution in [3.63, 3.8) is 0 Å². The lowest BCUT2D eigenvalue weighted by molar-refractivity contribution is -0.320. The molecule has 0 aliphatic carbocycles. The zero-order chi connectivity index (χ0) is 18.3. The summed E-state index contributed by atoms with van der Waals surface area (Å²) < 4.78 is 5.10. The average molecular weight is 358 g/mol. The van der Waals surface area contributed by atoms with Crippen molar-refractivity contribution in [1.82, 2.24) is 5.23 Å². The minimum atomic E-state index is -0.274. The van der Waals surface area contributed by atoms with Crippen LogP contribution in [0.15, 0.2) is 0 Å². The molecule has 5 heteroatoms. The Morgan fingerprint density at radius 2 is 1.56 bits per heavy atom. The van der Waals surface area contributed by atoms with Crippen molar-refractivity contribution in [2.24, 2.45) is 5.92 Å². The van der Waals surface area contributed by atoms with E-state index in [0.717, 1.165) is 32.3 Å². The number of ether oxygens (including phenoxy) is 1. The molecule has 2 atom stereocenters. The van der Waals surface area contributed by atoms with Gasteiger partial charge in [0.25, 0.3) is 0 Å². The second kappa shape index (κ2) is 14.5. The first-order valence-electron chi connectivity index (χ1n) is 10.5. The van der Waals surface area contributed by atoms with Crippen molar-refractivity contribution in [1.29, 1.82) is 0 Å². The van der Waals surface area contributed by atoms with Crippen molar-refractivity contribution in [2.75, 3.05) is 13.2 Å². The maximum absolute atomic E-state index is 12.4. The molecule has 1 fully saturated rings. The first kappa shape index (κ1) is 22.4. The normalized spacial score (nSPS) is 17.7. The van der Waals surface area contributed by atoms with Crippen LogP contribution in [-0.2, 0) is 14.4 Å². The molecule has 1 rings (SSSR count). The molecule has 0 saturated carbocycles. The molecule has 5 nitrogen and oxygen atoms in total. The number of nitrogens with zero attached hydrogens (tertiary/aromatic N) is 1. The molecule has 1 saturated heterocycles. The van der Waals surface area contributed by atoms with Crippen LogP contribution in [0, 0.1) is 5.92 Å². The molecule has 2 unspecified atom stereocenters. The molecule has 0 radical (unpaired) electrons. The van der Waals surface area contributed by atoms with Crippen molar-refractivity contribution in [3.8, 4) is 0 Å². The van der Waals surface area contributed by atoms with Crippen LogP contribution in [-0.4, -0.2) is 35.7 Å². The van der Waals surface area contributed by atoms with E-state index in [9.17, 15) is 10.0 Å². The monoisotopic (exact) mass is 357 g/mol. The van der Waals surface area contributed by atoms with Gasteiger partial charge < -0.3 is 9.57 Å². The number of hydroxylamine groups is 2. The number of carbonyl (C=O) groups is 1. The largest absolute Gasteiger partial charge is 0.373 e. The lowest BCUT2D eigenvalue weighted by Gasteiger charge is -2.19. The molecule has 0 aromatic rings. The first-order valence-corrected chi connectivity index (χ1v) is 10.5. The SMILES string of the molecule is CCCCCCCCC(CCCCCC)C(=O)ON(O)CCC1CO1. The molecule has 1 heterocycles. The Bertz CT molecular complexity index is 334. The van der Waals surface area contributed by atoms with Crippen molar-refractivity contribution >= 4 is 5.97 Å². The number of unbranched alkanes of at least 4 members (excludes halogenated alkanes) is 8. The van der Waals surface area contributed by atoms with E-state index in [2.05, 4.69) is 13.8 Å². The highest BCUT2D eigenvalue weighted by atomic mass is 16.9. The van der Waals surface area contributed by atoms with E-state index in [1.165, 1.54) is 51.4 Å². The van der Waals surface area contributed by atoms with Gasteiger partial charge in [-0.1, -0.05) is 78.1 Å². The highest BCUT2D eigenvalue weighted by molar-refractivity contribution is 5.72. The predicted molar refractivity (Wildman–Crippen MR) is 99.2 cm³/mol. The van der Waals surface area contributed by atoms with Gasteiger partial charge in [0.1, 0.15) is 0 Å². The predicted octanol–water partition coefficient (Wildman–Crippen LogP) is 5.26. The molecule has 1 aliphatic rings. The van der Waals surface area contributed by atoms with Crippen LogP contribution in [0.5, 0.6) is 0 Å². The summed E-state index contributed by atoms with van der Waals surface area (Å²) in [7, 11) is 0. The quantitative estimate of drug-likeness (QED) is 0.218. The van der Waals surface area contributed by atoms with Crippen LogP contribution in [0.4, 0.5) is 0 Å². The lowest BCUT2D eigenvalue weighted by atomic mass is 9.94. The lowest BCUT2D eigenvalue weighted by Crippen LogP contribution is -2.30. The van der Waals surface area contributed by atoms with Crippen LogP contribution >= 0.6 is 0 Å². The van der Waals surface area contributed by atoms with E-state index in [0.29, 0.717) is 18.2 Å². The van der Waals surface area contributed by atoms with Gasteiger partial charge in [-0.2, -0.15) is 0 Å². The van der Waals surface area contributed by atoms with Crippen LogP contribution in [0.2, 0.25) is 0 Å². The fourth-order valence-electron chi connectivity index (χ4n) is 3.08. The van der Waals surface area contributed by atoms with Gasteiger partial charge >= 0.3 is 5.97 Å². The van der Waals surface area contributed by atoms with Gasteiger partial charge in [0.15, 0.2) is 0 Å². The van der Waals surface area contributed by atoms with E-state index in [1.807, 2.05) is 0 Å². The molecule has 0 aromatic carbocycles. The number of carbonyl (C=O) groups excluding carboxylic acids is 1. The Labute approximate surface area is 154 Å². The number of rotatable bonds is 17. The summed E-state index contributed by atoms with van der Waals surface area (Å²) in [6.45, 7) is 5.48. The Balaban J connectivity index is 2.26.